The molecule has 0 unspecified atom stereocenters. The van der Waals surface area contributed by atoms with Gasteiger partial charge in [-0.3, -0.25) is 9.79 Å². The van der Waals surface area contributed by atoms with Crippen LogP contribution in [0.3, 0.4) is 0 Å². The lowest BCUT2D eigenvalue weighted by atomic mass is 10.1. The summed E-state index contributed by atoms with van der Waals surface area (Å²) in [5.41, 5.74) is 4.65. The lowest BCUT2D eigenvalue weighted by Gasteiger charge is -2.11. The summed E-state index contributed by atoms with van der Waals surface area (Å²) in [6.07, 6.45) is 3.11. The molecule has 2 heterocycles. The number of nitrogens with one attached hydrogen (secondary N) is 3. The molecule has 1 amide bonds. The number of carbonyl (C=O) groups excluding carboxylic acids is 1. The molecule has 0 aliphatic rings. The first-order chi connectivity index (χ1) is 16.1. The number of guanidine groups is 1. The zero-order valence-electron chi connectivity index (χ0n) is 18.9. The van der Waals surface area contributed by atoms with Gasteiger partial charge in [-0.25, -0.2) is 4.98 Å². The van der Waals surface area contributed by atoms with Gasteiger partial charge in [0.1, 0.15) is 6.26 Å². The number of aromatic nitrogens is 1. The normalized spacial score (nSPS) is 10.9. The van der Waals surface area contributed by atoms with Crippen LogP contribution in [0.2, 0.25) is 0 Å². The molecule has 9 heteroatoms. The molecule has 0 aliphatic carbocycles. The SMILES string of the molecule is CN=C(NCc1ccc(NC(=O)c2ccco2)cc1)NCc1coc(-c2ccc(C)cc2)n1.I. The van der Waals surface area contributed by atoms with Crippen molar-refractivity contribution in [2.75, 3.05) is 12.4 Å². The minimum atomic E-state index is -0.283. The van der Waals surface area contributed by atoms with Crippen molar-refractivity contribution in [2.45, 2.75) is 20.0 Å². The zero-order chi connectivity index (χ0) is 23.0. The van der Waals surface area contributed by atoms with E-state index in [9.17, 15) is 4.79 Å². The number of aliphatic imine (C=N–C) groups is 1. The first-order valence-electron chi connectivity index (χ1n) is 10.5. The monoisotopic (exact) mass is 571 g/mol. The standard InChI is InChI=1S/C25H25N5O3.HI/c1-17-5-9-19(10-6-17)24-30-21(16-33-24)15-28-25(26-2)27-14-18-7-11-20(12-8-18)29-23(31)22-4-3-13-32-22;/h3-13,16H,14-15H2,1-2H3,(H,29,31)(H2,26,27,28);1H. The van der Waals surface area contributed by atoms with E-state index in [0.717, 1.165) is 16.8 Å². The lowest BCUT2D eigenvalue weighted by molar-refractivity contribution is 0.0996. The predicted molar refractivity (Wildman–Crippen MR) is 142 cm³/mol. The van der Waals surface area contributed by atoms with Gasteiger partial charge >= 0.3 is 0 Å². The molecule has 0 saturated carbocycles. The fourth-order valence-electron chi connectivity index (χ4n) is 3.10. The molecule has 176 valence electrons. The van der Waals surface area contributed by atoms with Gasteiger partial charge in [0.15, 0.2) is 11.7 Å². The molecule has 0 aliphatic heterocycles. The van der Waals surface area contributed by atoms with Crippen molar-refractivity contribution in [2.24, 2.45) is 4.99 Å². The lowest BCUT2D eigenvalue weighted by Crippen LogP contribution is -2.36. The van der Waals surface area contributed by atoms with Crippen LogP contribution in [0.25, 0.3) is 11.5 Å². The van der Waals surface area contributed by atoms with E-state index in [1.807, 2.05) is 55.5 Å². The van der Waals surface area contributed by atoms with Crippen LogP contribution < -0.4 is 16.0 Å². The minimum Gasteiger partial charge on any atom is -0.459 e. The Balaban J connectivity index is 0.00000324. The molecule has 3 N–H and O–H groups in total. The summed E-state index contributed by atoms with van der Waals surface area (Å²) in [5.74, 6) is 1.22. The second kappa shape index (κ2) is 12.0. The van der Waals surface area contributed by atoms with Crippen LogP contribution in [0.15, 0.2) is 87.0 Å². The summed E-state index contributed by atoms with van der Waals surface area (Å²) in [4.78, 5) is 20.8. The van der Waals surface area contributed by atoms with Crippen LogP contribution in [-0.4, -0.2) is 23.9 Å². The summed E-state index contributed by atoms with van der Waals surface area (Å²) in [6, 6.07) is 18.9. The summed E-state index contributed by atoms with van der Waals surface area (Å²) in [6.45, 7) is 3.09. The number of benzene rings is 2. The van der Waals surface area contributed by atoms with Gasteiger partial charge in [-0.2, -0.15) is 0 Å². The van der Waals surface area contributed by atoms with E-state index in [1.165, 1.54) is 11.8 Å². The van der Waals surface area contributed by atoms with Crippen LogP contribution >= 0.6 is 24.0 Å². The average molecular weight is 571 g/mol. The highest BCUT2D eigenvalue weighted by Crippen LogP contribution is 2.19. The van der Waals surface area contributed by atoms with E-state index in [2.05, 4.69) is 25.9 Å². The van der Waals surface area contributed by atoms with Crippen LogP contribution in [0.5, 0.6) is 0 Å². The maximum Gasteiger partial charge on any atom is 0.291 e. The Bertz CT molecular complexity index is 1220. The van der Waals surface area contributed by atoms with Crippen molar-refractivity contribution in [3.63, 3.8) is 0 Å². The Kier molecular flexibility index (Phi) is 8.86. The van der Waals surface area contributed by atoms with E-state index in [-0.39, 0.29) is 35.6 Å². The topological polar surface area (TPSA) is 105 Å². The average Bonchev–Trinajstić information content (AvgIpc) is 3.53. The highest BCUT2D eigenvalue weighted by molar-refractivity contribution is 14.0. The molecule has 8 nitrogen and oxygen atoms in total. The summed E-state index contributed by atoms with van der Waals surface area (Å²) >= 11 is 0. The Morgan fingerprint density at radius 3 is 2.38 bits per heavy atom. The summed E-state index contributed by atoms with van der Waals surface area (Å²) in [5, 5.41) is 9.29. The first-order valence-corrected chi connectivity index (χ1v) is 10.5. The molecule has 0 radical (unpaired) electrons. The summed E-state index contributed by atoms with van der Waals surface area (Å²) in [7, 11) is 1.71. The maximum atomic E-state index is 12.0. The first kappa shape index (κ1) is 25.0. The van der Waals surface area contributed by atoms with Crippen molar-refractivity contribution < 1.29 is 13.6 Å². The largest absolute Gasteiger partial charge is 0.459 e. The van der Waals surface area contributed by atoms with Gasteiger partial charge in [0.2, 0.25) is 5.89 Å². The molecule has 0 spiro atoms. The van der Waals surface area contributed by atoms with Gasteiger partial charge < -0.3 is 24.8 Å². The van der Waals surface area contributed by atoms with Crippen LogP contribution in [0.1, 0.15) is 27.4 Å². The highest BCUT2D eigenvalue weighted by atomic mass is 127. The van der Waals surface area contributed by atoms with Gasteiger partial charge in [0, 0.05) is 24.8 Å². The number of nitrogens with zero attached hydrogens (tertiary/aromatic N) is 2. The molecule has 0 bridgehead atoms. The van der Waals surface area contributed by atoms with E-state index in [0.29, 0.717) is 30.6 Å². The number of hydrogen-bond acceptors (Lipinski definition) is 5. The smallest absolute Gasteiger partial charge is 0.291 e. The maximum absolute atomic E-state index is 12.0. The van der Waals surface area contributed by atoms with Gasteiger partial charge in [-0.05, 0) is 48.9 Å². The van der Waals surface area contributed by atoms with Gasteiger partial charge in [0.25, 0.3) is 5.91 Å². The minimum absolute atomic E-state index is 0. The Labute approximate surface area is 214 Å². The molecule has 0 atom stereocenters. The van der Waals surface area contributed by atoms with Gasteiger partial charge in [-0.1, -0.05) is 29.8 Å². The second-order valence-corrected chi connectivity index (χ2v) is 7.42. The number of amides is 1. The number of rotatable bonds is 7. The van der Waals surface area contributed by atoms with Gasteiger partial charge in [-0.15, -0.1) is 24.0 Å². The molecular formula is C25H26IN5O3. The quantitative estimate of drug-likeness (QED) is 0.164. The third kappa shape index (κ3) is 6.70. The van der Waals surface area contributed by atoms with Crippen LogP contribution in [0, 0.1) is 6.92 Å². The van der Waals surface area contributed by atoms with Crippen LogP contribution in [-0.2, 0) is 13.1 Å². The van der Waals surface area contributed by atoms with Crippen LogP contribution in [0.4, 0.5) is 5.69 Å². The highest BCUT2D eigenvalue weighted by Gasteiger charge is 2.09. The molecule has 0 saturated heterocycles. The van der Waals surface area contributed by atoms with Gasteiger partial charge in [0.05, 0.1) is 18.5 Å². The predicted octanol–water partition coefficient (Wildman–Crippen LogP) is 4.98. The number of carbonyl (C=O) groups is 1. The third-order valence-corrected chi connectivity index (χ3v) is 4.93. The molecular weight excluding hydrogens is 545 g/mol. The number of oxazole rings is 1. The van der Waals surface area contributed by atoms with Crippen molar-refractivity contribution >= 4 is 41.5 Å². The molecule has 4 aromatic rings. The zero-order valence-corrected chi connectivity index (χ0v) is 21.2. The van der Waals surface area contributed by atoms with E-state index >= 15 is 0 Å². The molecule has 0 fully saturated rings. The third-order valence-electron chi connectivity index (χ3n) is 4.93. The Morgan fingerprint density at radius 1 is 0.971 bits per heavy atom. The summed E-state index contributed by atoms with van der Waals surface area (Å²) < 4.78 is 10.7. The number of hydrogen-bond donors (Lipinski definition) is 3. The molecule has 2 aromatic heterocycles. The van der Waals surface area contributed by atoms with E-state index < -0.39 is 0 Å². The molecule has 34 heavy (non-hydrogen) atoms. The number of furan rings is 1. The van der Waals surface area contributed by atoms with Crippen molar-refractivity contribution in [3.05, 3.63) is 95.8 Å². The number of anilines is 1. The number of aryl methyl sites for hydroxylation is 1. The fourth-order valence-corrected chi connectivity index (χ4v) is 3.10. The Hall–Kier alpha value is -3.60. The second-order valence-electron chi connectivity index (χ2n) is 7.42. The van der Waals surface area contributed by atoms with Crippen molar-refractivity contribution in [1.82, 2.24) is 15.6 Å². The molecule has 4 rings (SSSR count). The number of halogens is 1. The molecule has 2 aromatic carbocycles. The van der Waals surface area contributed by atoms with Crippen molar-refractivity contribution in [1.29, 1.82) is 0 Å². The Morgan fingerprint density at radius 2 is 1.71 bits per heavy atom. The van der Waals surface area contributed by atoms with E-state index in [4.69, 9.17) is 8.83 Å². The van der Waals surface area contributed by atoms with Crippen molar-refractivity contribution in [3.8, 4) is 11.5 Å². The van der Waals surface area contributed by atoms with E-state index in [1.54, 1.807) is 25.4 Å². The fraction of sp³-hybridized carbons (Fsp3) is 0.160.